The summed E-state index contributed by atoms with van der Waals surface area (Å²) in [5, 5.41) is 9.22. The molecule has 8 nitrogen and oxygen atoms in total. The van der Waals surface area contributed by atoms with Crippen LogP contribution in [-0.2, 0) is 14.3 Å². The predicted molar refractivity (Wildman–Crippen MR) is 75.2 cm³/mol. The number of aliphatic hydroxyl groups is 1. The van der Waals surface area contributed by atoms with Crippen LogP contribution in [0.2, 0.25) is 0 Å². The maximum atomic E-state index is 11.8. The molecular weight excluding hydrogens is 383 g/mol. The molecule has 0 aromatic carbocycles. The number of hydrogen-bond acceptors (Lipinski definition) is 6. The first kappa shape index (κ1) is 15.2. The molecule has 2 rings (SSSR count). The van der Waals surface area contributed by atoms with Crippen molar-refractivity contribution >= 4 is 28.6 Å². The summed E-state index contributed by atoms with van der Waals surface area (Å²) >= 11 is 1.80. The molecule has 9 heteroatoms. The van der Waals surface area contributed by atoms with E-state index in [0.717, 1.165) is 0 Å². The zero-order valence-electron chi connectivity index (χ0n) is 10.5. The normalized spacial score (nSPS) is 25.6. The van der Waals surface area contributed by atoms with Crippen LogP contribution in [-0.4, -0.2) is 39.4 Å². The number of H-pyrrole nitrogens is 1. The fourth-order valence-corrected chi connectivity index (χ4v) is 2.48. The molecule has 1 aliphatic heterocycles. The summed E-state index contributed by atoms with van der Waals surface area (Å²) < 4.78 is 12.1. The molecule has 1 fully saturated rings. The summed E-state index contributed by atoms with van der Waals surface area (Å²) in [5.74, 6) is -0.485. The van der Waals surface area contributed by atoms with Gasteiger partial charge in [0.1, 0.15) is 18.4 Å². The van der Waals surface area contributed by atoms with Crippen LogP contribution in [0, 0.1) is 3.57 Å². The molecule has 3 atom stereocenters. The fraction of sp³-hybridized carbons (Fsp3) is 0.545. The highest BCUT2D eigenvalue weighted by Gasteiger charge is 2.38. The summed E-state index contributed by atoms with van der Waals surface area (Å²) in [6.07, 6.45) is -0.419. The third-order valence-electron chi connectivity index (χ3n) is 2.91. The summed E-state index contributed by atoms with van der Waals surface area (Å²) in [6.45, 7) is 0.931. The average molecular weight is 396 g/mol. The van der Waals surface area contributed by atoms with Gasteiger partial charge in [0.15, 0.2) is 0 Å². The van der Waals surface area contributed by atoms with Gasteiger partial charge in [0.05, 0.1) is 10.2 Å². The zero-order valence-corrected chi connectivity index (χ0v) is 12.7. The summed E-state index contributed by atoms with van der Waals surface area (Å²) in [5.41, 5.74) is -1.08. The van der Waals surface area contributed by atoms with E-state index in [-0.39, 0.29) is 13.0 Å². The molecule has 1 aromatic heterocycles. The first-order chi connectivity index (χ1) is 9.42. The molecule has 1 saturated heterocycles. The number of esters is 1. The maximum absolute atomic E-state index is 11.8. The van der Waals surface area contributed by atoms with Crippen molar-refractivity contribution in [3.05, 3.63) is 30.6 Å². The van der Waals surface area contributed by atoms with Gasteiger partial charge in [0, 0.05) is 19.5 Å². The van der Waals surface area contributed by atoms with Crippen molar-refractivity contribution in [2.75, 3.05) is 6.61 Å². The molecule has 3 unspecified atom stereocenters. The number of nitrogens with one attached hydrogen (secondary N) is 1. The lowest BCUT2D eigenvalue weighted by Crippen LogP contribution is -2.33. The van der Waals surface area contributed by atoms with Crippen molar-refractivity contribution in [3.63, 3.8) is 0 Å². The first-order valence-electron chi connectivity index (χ1n) is 5.87. The molecule has 0 saturated carbocycles. The highest BCUT2D eigenvalue weighted by molar-refractivity contribution is 14.1. The number of carbonyl (C=O) groups is 1. The molecule has 0 aliphatic carbocycles. The molecule has 0 radical (unpaired) electrons. The minimum Gasteiger partial charge on any atom is -0.460 e. The molecule has 110 valence electrons. The minimum atomic E-state index is -0.700. The van der Waals surface area contributed by atoms with E-state index in [0.29, 0.717) is 3.57 Å². The van der Waals surface area contributed by atoms with Gasteiger partial charge in [-0.3, -0.25) is 19.1 Å². The predicted octanol–water partition coefficient (Wildman–Crippen LogP) is -0.647. The molecule has 0 amide bonds. The van der Waals surface area contributed by atoms with Gasteiger partial charge in [0.2, 0.25) is 0 Å². The van der Waals surface area contributed by atoms with E-state index in [1.165, 1.54) is 17.7 Å². The maximum Gasteiger partial charge on any atom is 0.330 e. The van der Waals surface area contributed by atoms with Gasteiger partial charge in [-0.15, -0.1) is 0 Å². The largest absolute Gasteiger partial charge is 0.460 e. The van der Waals surface area contributed by atoms with Crippen molar-refractivity contribution in [1.82, 2.24) is 9.55 Å². The van der Waals surface area contributed by atoms with Gasteiger partial charge in [-0.25, -0.2) is 4.79 Å². The van der Waals surface area contributed by atoms with Gasteiger partial charge in [-0.1, -0.05) is 0 Å². The van der Waals surface area contributed by atoms with E-state index < -0.39 is 35.7 Å². The number of aliphatic hydroxyl groups excluding tert-OH is 1. The lowest BCUT2D eigenvalue weighted by molar-refractivity contribution is -0.150. The molecule has 1 aliphatic rings. The summed E-state index contributed by atoms with van der Waals surface area (Å²) in [4.78, 5) is 36.2. The van der Waals surface area contributed by atoms with Crippen molar-refractivity contribution in [3.8, 4) is 0 Å². The topological polar surface area (TPSA) is 111 Å². The third-order valence-corrected chi connectivity index (χ3v) is 3.68. The number of carbonyl (C=O) groups excluding carboxylic acids is 1. The molecule has 0 bridgehead atoms. The number of aromatic amines is 1. The fourth-order valence-electron chi connectivity index (χ4n) is 2.05. The number of rotatable bonds is 3. The summed E-state index contributed by atoms with van der Waals surface area (Å²) in [6, 6.07) is 0. The second kappa shape index (κ2) is 6.06. The second-order valence-electron chi connectivity index (χ2n) is 4.34. The Kier molecular flexibility index (Phi) is 4.60. The van der Waals surface area contributed by atoms with Crippen LogP contribution < -0.4 is 11.2 Å². The Bertz CT molecular complexity index is 624. The van der Waals surface area contributed by atoms with Crippen LogP contribution >= 0.6 is 22.6 Å². The lowest BCUT2D eigenvalue weighted by atomic mass is 10.2. The van der Waals surface area contributed by atoms with Gasteiger partial charge in [-0.05, 0) is 22.6 Å². The van der Waals surface area contributed by atoms with E-state index in [4.69, 9.17) is 9.47 Å². The Morgan fingerprint density at radius 2 is 2.35 bits per heavy atom. The lowest BCUT2D eigenvalue weighted by Gasteiger charge is -2.15. The standard InChI is InChI=1S/C11H13IN2O6/c1-5(16)19-7-2-9(20-8(7)4-15)14-3-6(12)10(17)13-11(14)18/h3,7-9,15H,2,4H2,1H3,(H,13,17,18). The Balaban J connectivity index is 2.27. The van der Waals surface area contributed by atoms with Crippen molar-refractivity contribution < 1.29 is 19.4 Å². The smallest absolute Gasteiger partial charge is 0.330 e. The highest BCUT2D eigenvalue weighted by atomic mass is 127. The van der Waals surface area contributed by atoms with Gasteiger partial charge in [0.25, 0.3) is 5.56 Å². The number of halogens is 1. The van der Waals surface area contributed by atoms with Crippen LogP contribution in [0.5, 0.6) is 0 Å². The van der Waals surface area contributed by atoms with Crippen molar-refractivity contribution in [1.29, 1.82) is 0 Å². The van der Waals surface area contributed by atoms with E-state index in [9.17, 15) is 19.5 Å². The molecule has 2 N–H and O–H groups in total. The van der Waals surface area contributed by atoms with Crippen LogP contribution in [0.1, 0.15) is 19.6 Å². The molecule has 1 aromatic rings. The van der Waals surface area contributed by atoms with Gasteiger partial charge >= 0.3 is 11.7 Å². The Morgan fingerprint density at radius 3 is 2.95 bits per heavy atom. The van der Waals surface area contributed by atoms with Crippen molar-refractivity contribution in [2.24, 2.45) is 0 Å². The third kappa shape index (κ3) is 3.10. The van der Waals surface area contributed by atoms with Crippen LogP contribution in [0.25, 0.3) is 0 Å². The molecule has 0 spiro atoms. The Morgan fingerprint density at radius 1 is 1.65 bits per heavy atom. The highest BCUT2D eigenvalue weighted by Crippen LogP contribution is 2.29. The SMILES string of the molecule is CC(=O)OC1CC(n2cc(I)c(=O)[nH]c2=O)OC1CO. The number of nitrogens with zero attached hydrogens (tertiary/aromatic N) is 1. The monoisotopic (exact) mass is 396 g/mol. The number of ether oxygens (including phenoxy) is 2. The van der Waals surface area contributed by atoms with Crippen LogP contribution in [0.4, 0.5) is 0 Å². The first-order valence-corrected chi connectivity index (χ1v) is 6.94. The van der Waals surface area contributed by atoms with E-state index in [1.54, 1.807) is 22.6 Å². The summed E-state index contributed by atoms with van der Waals surface area (Å²) in [7, 11) is 0. The van der Waals surface area contributed by atoms with E-state index in [1.807, 2.05) is 0 Å². The van der Waals surface area contributed by atoms with E-state index in [2.05, 4.69) is 4.98 Å². The number of hydrogen-bond donors (Lipinski definition) is 2. The van der Waals surface area contributed by atoms with Crippen LogP contribution in [0.15, 0.2) is 15.8 Å². The minimum absolute atomic E-state index is 0.229. The van der Waals surface area contributed by atoms with Gasteiger partial charge in [-0.2, -0.15) is 0 Å². The van der Waals surface area contributed by atoms with E-state index >= 15 is 0 Å². The Labute approximate surface area is 126 Å². The van der Waals surface area contributed by atoms with Crippen LogP contribution in [0.3, 0.4) is 0 Å². The van der Waals surface area contributed by atoms with Gasteiger partial charge < -0.3 is 14.6 Å². The van der Waals surface area contributed by atoms with Crippen molar-refractivity contribution in [2.45, 2.75) is 31.8 Å². The zero-order chi connectivity index (χ0) is 14.9. The average Bonchev–Trinajstić information content (AvgIpc) is 2.75. The molecular formula is C11H13IN2O6. The number of aromatic nitrogens is 2. The quantitative estimate of drug-likeness (QED) is 0.519. The molecule has 2 heterocycles. The second-order valence-corrected chi connectivity index (χ2v) is 5.50. The molecule has 20 heavy (non-hydrogen) atoms. The Hall–Kier alpha value is -1.20.